The maximum absolute atomic E-state index is 13.6. The Balaban J connectivity index is 2.41. The summed E-state index contributed by atoms with van der Waals surface area (Å²) in [6, 6.07) is 4.24. The average Bonchev–Trinajstić information content (AvgIpc) is 3.46. The van der Waals surface area contributed by atoms with E-state index in [4.69, 9.17) is 4.74 Å². The van der Waals surface area contributed by atoms with Crippen LogP contribution >= 0.6 is 12.6 Å². The highest BCUT2D eigenvalue weighted by atomic mass is 32.1. The molecule has 2 atom stereocenters. The Morgan fingerprint density at radius 2 is 1.75 bits per heavy atom. The third kappa shape index (κ3) is 7.32. The first-order chi connectivity index (χ1) is 14.7. The van der Waals surface area contributed by atoms with Crippen LogP contribution in [0.5, 0.6) is 5.75 Å². The van der Waals surface area contributed by atoms with Gasteiger partial charge in [0.15, 0.2) is 0 Å². The van der Waals surface area contributed by atoms with E-state index in [1.54, 1.807) is 39.0 Å². The van der Waals surface area contributed by atoms with E-state index in [1.807, 2.05) is 20.8 Å². The van der Waals surface area contributed by atoms with Gasteiger partial charge in [0.2, 0.25) is 11.8 Å². The van der Waals surface area contributed by atoms with Gasteiger partial charge < -0.3 is 25.4 Å². The summed E-state index contributed by atoms with van der Waals surface area (Å²) in [4.78, 5) is 40.7. The van der Waals surface area contributed by atoms with E-state index in [0.29, 0.717) is 5.56 Å². The quantitative estimate of drug-likeness (QED) is 0.463. The Bertz CT molecular complexity index is 843. The van der Waals surface area contributed by atoms with Gasteiger partial charge in [-0.3, -0.25) is 9.59 Å². The maximum Gasteiger partial charge on any atom is 0.408 e. The van der Waals surface area contributed by atoms with Gasteiger partial charge in [0.25, 0.3) is 0 Å². The third-order valence-corrected chi connectivity index (χ3v) is 4.99. The molecule has 0 bridgehead atoms. The van der Waals surface area contributed by atoms with Crippen LogP contribution in [0.1, 0.15) is 66.0 Å². The standard InChI is InChI=1S/C23H35N3O5S/c1-22(2,3)25-19(28)18(15-9-7-8-10-17(15)27)26(14-11-12-14)20(29)16(13-32)24-21(30)31-23(4,5)6/h7-10,14,16,18,27,32H,11-13H2,1-6H3,(H,24,30)(H,25,28). The fraction of sp³-hybridized carbons (Fsp3) is 0.609. The van der Waals surface area contributed by atoms with Gasteiger partial charge in [0.1, 0.15) is 23.4 Å². The van der Waals surface area contributed by atoms with Crippen molar-refractivity contribution >= 4 is 30.5 Å². The summed E-state index contributed by atoms with van der Waals surface area (Å²) in [6.07, 6.45) is 0.716. The van der Waals surface area contributed by atoms with E-state index < -0.39 is 41.1 Å². The largest absolute Gasteiger partial charge is 0.508 e. The minimum atomic E-state index is -1.06. The molecular formula is C23H35N3O5S. The highest BCUT2D eigenvalue weighted by molar-refractivity contribution is 7.80. The molecule has 8 nitrogen and oxygen atoms in total. The summed E-state index contributed by atoms with van der Waals surface area (Å²) in [5, 5.41) is 16.0. The van der Waals surface area contributed by atoms with Crippen LogP contribution in [0.25, 0.3) is 0 Å². The van der Waals surface area contributed by atoms with E-state index in [-0.39, 0.29) is 17.5 Å². The number of ether oxygens (including phenoxy) is 1. The molecule has 9 heteroatoms. The summed E-state index contributed by atoms with van der Waals surface area (Å²) in [5.41, 5.74) is -0.949. The number of rotatable bonds is 7. The monoisotopic (exact) mass is 465 g/mol. The number of hydrogen-bond donors (Lipinski definition) is 4. The molecule has 0 aromatic heterocycles. The smallest absolute Gasteiger partial charge is 0.408 e. The Morgan fingerprint density at radius 3 is 2.22 bits per heavy atom. The minimum absolute atomic E-state index is 0.0235. The number of hydrogen-bond acceptors (Lipinski definition) is 6. The lowest BCUT2D eigenvalue weighted by Crippen LogP contribution is -2.55. The molecule has 0 radical (unpaired) electrons. The van der Waals surface area contributed by atoms with E-state index in [0.717, 1.165) is 12.8 Å². The van der Waals surface area contributed by atoms with Gasteiger partial charge in [-0.15, -0.1) is 0 Å². The third-order valence-electron chi connectivity index (χ3n) is 4.62. The number of phenolic OH excluding ortho intramolecular Hbond substituents is 1. The molecule has 0 aliphatic heterocycles. The van der Waals surface area contributed by atoms with Crippen molar-refractivity contribution in [3.05, 3.63) is 29.8 Å². The number of amides is 3. The fourth-order valence-corrected chi connectivity index (χ4v) is 3.51. The lowest BCUT2D eigenvalue weighted by atomic mass is 9.99. The first kappa shape index (κ1) is 25.8. The molecule has 1 fully saturated rings. The Morgan fingerprint density at radius 1 is 1.16 bits per heavy atom. The van der Waals surface area contributed by atoms with Crippen molar-refractivity contribution in [3.8, 4) is 5.75 Å². The van der Waals surface area contributed by atoms with Crippen LogP contribution in [0.15, 0.2) is 24.3 Å². The van der Waals surface area contributed by atoms with Crippen molar-refractivity contribution in [1.82, 2.24) is 15.5 Å². The summed E-state index contributed by atoms with van der Waals surface area (Å²) in [7, 11) is 0. The maximum atomic E-state index is 13.6. The molecule has 32 heavy (non-hydrogen) atoms. The zero-order valence-corrected chi connectivity index (χ0v) is 20.5. The molecule has 1 saturated carbocycles. The van der Waals surface area contributed by atoms with Crippen LogP contribution in [0.2, 0.25) is 0 Å². The number of para-hydroxylation sites is 1. The zero-order chi connectivity index (χ0) is 24.3. The summed E-state index contributed by atoms with van der Waals surface area (Å²) >= 11 is 4.25. The molecule has 1 aliphatic rings. The molecule has 1 aromatic carbocycles. The molecule has 1 aliphatic carbocycles. The fourth-order valence-electron chi connectivity index (χ4n) is 3.26. The highest BCUT2D eigenvalue weighted by Gasteiger charge is 2.45. The van der Waals surface area contributed by atoms with Gasteiger partial charge in [0, 0.05) is 22.9 Å². The predicted octanol–water partition coefficient (Wildman–Crippen LogP) is 3.16. The second-order valence-electron chi connectivity index (χ2n) is 10.1. The number of aromatic hydroxyl groups is 1. The van der Waals surface area contributed by atoms with Crippen LogP contribution in [0.3, 0.4) is 0 Å². The van der Waals surface area contributed by atoms with Gasteiger partial charge >= 0.3 is 6.09 Å². The van der Waals surface area contributed by atoms with Crippen LogP contribution in [0.4, 0.5) is 4.79 Å². The van der Waals surface area contributed by atoms with Crippen molar-refractivity contribution in [2.24, 2.45) is 0 Å². The second-order valence-corrected chi connectivity index (χ2v) is 10.4. The molecule has 0 saturated heterocycles. The first-order valence-electron chi connectivity index (χ1n) is 10.8. The van der Waals surface area contributed by atoms with Crippen molar-refractivity contribution in [3.63, 3.8) is 0 Å². The normalized spacial score (nSPS) is 16.0. The number of carbonyl (C=O) groups is 3. The van der Waals surface area contributed by atoms with E-state index in [9.17, 15) is 19.5 Å². The lowest BCUT2D eigenvalue weighted by molar-refractivity contribution is -0.143. The number of thiol groups is 1. The second kappa shape index (κ2) is 10.0. The molecule has 0 spiro atoms. The van der Waals surface area contributed by atoms with Crippen molar-refractivity contribution in [2.75, 3.05) is 5.75 Å². The van der Waals surface area contributed by atoms with Crippen molar-refractivity contribution < 1.29 is 24.2 Å². The lowest BCUT2D eigenvalue weighted by Gasteiger charge is -2.36. The van der Waals surface area contributed by atoms with Gasteiger partial charge in [-0.05, 0) is 60.5 Å². The van der Waals surface area contributed by atoms with E-state index >= 15 is 0 Å². The van der Waals surface area contributed by atoms with Crippen molar-refractivity contribution in [1.29, 1.82) is 0 Å². The molecule has 2 rings (SSSR count). The molecule has 1 aromatic rings. The van der Waals surface area contributed by atoms with Gasteiger partial charge in [-0.1, -0.05) is 18.2 Å². The van der Waals surface area contributed by atoms with Gasteiger partial charge in [-0.2, -0.15) is 12.6 Å². The topological polar surface area (TPSA) is 108 Å². The van der Waals surface area contributed by atoms with E-state index in [2.05, 4.69) is 23.3 Å². The number of benzene rings is 1. The summed E-state index contributed by atoms with van der Waals surface area (Å²) < 4.78 is 5.28. The van der Waals surface area contributed by atoms with E-state index in [1.165, 1.54) is 11.0 Å². The van der Waals surface area contributed by atoms with Gasteiger partial charge in [-0.25, -0.2) is 4.79 Å². The first-order valence-corrected chi connectivity index (χ1v) is 11.4. The number of alkyl carbamates (subject to hydrolysis) is 1. The average molecular weight is 466 g/mol. The molecule has 3 N–H and O–H groups in total. The van der Waals surface area contributed by atoms with Crippen LogP contribution in [0, 0.1) is 0 Å². The van der Waals surface area contributed by atoms with Gasteiger partial charge in [0.05, 0.1) is 0 Å². The summed E-state index contributed by atoms with van der Waals surface area (Å²) in [5.74, 6) is -0.919. The number of nitrogens with one attached hydrogen (secondary N) is 2. The van der Waals surface area contributed by atoms with Crippen LogP contribution in [-0.2, 0) is 14.3 Å². The molecule has 2 unspecified atom stereocenters. The number of nitrogens with zero attached hydrogens (tertiary/aromatic N) is 1. The van der Waals surface area contributed by atoms with Crippen LogP contribution in [-0.4, -0.2) is 56.9 Å². The molecule has 0 heterocycles. The van der Waals surface area contributed by atoms with Crippen molar-refractivity contribution in [2.45, 2.75) is 83.6 Å². The molecule has 3 amide bonds. The number of phenols is 1. The molecule has 178 valence electrons. The Kier molecular flexibility index (Phi) is 8.09. The Labute approximate surface area is 195 Å². The minimum Gasteiger partial charge on any atom is -0.508 e. The number of carbonyl (C=O) groups excluding carboxylic acids is 3. The van der Waals surface area contributed by atoms with Crippen LogP contribution < -0.4 is 10.6 Å². The SMILES string of the molecule is CC(C)(C)NC(=O)C(c1ccccc1O)N(C(=O)C(CS)NC(=O)OC(C)(C)C)C1CC1. The predicted molar refractivity (Wildman–Crippen MR) is 126 cm³/mol. The summed E-state index contributed by atoms with van der Waals surface area (Å²) in [6.45, 7) is 10.7. The molecular weight excluding hydrogens is 430 g/mol. The Hall–Kier alpha value is -2.42. The zero-order valence-electron chi connectivity index (χ0n) is 19.6. The highest BCUT2D eigenvalue weighted by Crippen LogP contribution is 2.38.